The van der Waals surface area contributed by atoms with Crippen molar-refractivity contribution in [3.8, 4) is 11.3 Å². The Bertz CT molecular complexity index is 1300. The van der Waals surface area contributed by atoms with E-state index in [0.717, 1.165) is 22.3 Å². The summed E-state index contributed by atoms with van der Waals surface area (Å²) in [6.07, 6.45) is 2.18. The van der Waals surface area contributed by atoms with Crippen LogP contribution in [0.5, 0.6) is 0 Å². The summed E-state index contributed by atoms with van der Waals surface area (Å²) in [5.74, 6) is -1.01. The zero-order chi connectivity index (χ0) is 24.3. The van der Waals surface area contributed by atoms with E-state index in [9.17, 15) is 18.0 Å². The van der Waals surface area contributed by atoms with Crippen molar-refractivity contribution in [1.29, 1.82) is 0 Å². The van der Waals surface area contributed by atoms with Crippen LogP contribution in [-0.4, -0.2) is 41.5 Å². The highest BCUT2D eigenvalue weighted by Crippen LogP contribution is 2.24. The van der Waals surface area contributed by atoms with E-state index in [2.05, 4.69) is 16.0 Å². The van der Waals surface area contributed by atoms with Crippen molar-refractivity contribution in [3.63, 3.8) is 0 Å². The monoisotopic (exact) mass is 480 g/mol. The van der Waals surface area contributed by atoms with E-state index in [-0.39, 0.29) is 23.8 Å². The number of hydrogen-bond acceptors (Lipinski definition) is 5. The Morgan fingerprint density at radius 1 is 1.00 bits per heavy atom. The maximum atomic E-state index is 13.0. The van der Waals surface area contributed by atoms with Gasteiger partial charge in [-0.3, -0.25) is 25.1 Å². The fourth-order valence-corrected chi connectivity index (χ4v) is 5.88. The molecule has 4 rings (SSSR count). The van der Waals surface area contributed by atoms with E-state index in [0.29, 0.717) is 24.2 Å². The first-order chi connectivity index (χ1) is 16.2. The molecule has 9 heteroatoms. The number of rotatable bonds is 6. The van der Waals surface area contributed by atoms with Crippen molar-refractivity contribution in [2.24, 2.45) is 5.92 Å². The Morgan fingerprint density at radius 3 is 2.26 bits per heavy atom. The molecule has 178 valence electrons. The number of sulfone groups is 1. The lowest BCUT2D eigenvalue weighted by molar-refractivity contribution is -0.122. The van der Waals surface area contributed by atoms with Gasteiger partial charge < -0.3 is 0 Å². The highest BCUT2D eigenvalue weighted by atomic mass is 32.2. The predicted octanol–water partition coefficient (Wildman–Crippen LogP) is 2.80. The maximum absolute atomic E-state index is 13.0. The van der Waals surface area contributed by atoms with E-state index in [1.165, 1.54) is 0 Å². The number of hydrazine groups is 1. The second kappa shape index (κ2) is 9.80. The third-order valence-electron chi connectivity index (χ3n) is 5.91. The van der Waals surface area contributed by atoms with Crippen molar-refractivity contribution >= 4 is 21.7 Å². The molecule has 1 unspecified atom stereocenters. The van der Waals surface area contributed by atoms with Crippen LogP contribution in [0.25, 0.3) is 11.3 Å². The Balaban J connectivity index is 1.49. The Morgan fingerprint density at radius 2 is 1.65 bits per heavy atom. The van der Waals surface area contributed by atoms with E-state index in [1.807, 2.05) is 62.4 Å². The van der Waals surface area contributed by atoms with Crippen LogP contribution in [0, 0.1) is 19.8 Å². The van der Waals surface area contributed by atoms with Gasteiger partial charge in [0.2, 0.25) is 5.91 Å². The van der Waals surface area contributed by atoms with E-state index < -0.39 is 21.7 Å². The Labute approximate surface area is 199 Å². The molecular formula is C25H28N4O4S. The number of aryl methyl sites for hydroxylation is 2. The molecule has 0 bridgehead atoms. The van der Waals surface area contributed by atoms with Crippen molar-refractivity contribution in [2.45, 2.75) is 33.2 Å². The number of amides is 2. The average molecular weight is 481 g/mol. The fourth-order valence-electron chi connectivity index (χ4n) is 4.01. The number of hydrogen-bond donors (Lipinski definition) is 2. The van der Waals surface area contributed by atoms with Crippen LogP contribution < -0.4 is 10.9 Å². The summed E-state index contributed by atoms with van der Waals surface area (Å²) in [5, 5.41) is 4.65. The average Bonchev–Trinajstić information content (AvgIpc) is 3.37. The zero-order valence-electron chi connectivity index (χ0n) is 19.2. The Kier molecular flexibility index (Phi) is 6.83. The van der Waals surface area contributed by atoms with E-state index in [1.54, 1.807) is 10.9 Å². The van der Waals surface area contributed by atoms with E-state index >= 15 is 0 Å². The molecule has 8 nitrogen and oxygen atoms in total. The molecule has 1 aliphatic heterocycles. The van der Waals surface area contributed by atoms with Gasteiger partial charge in [-0.15, -0.1) is 0 Å². The van der Waals surface area contributed by atoms with Gasteiger partial charge in [-0.2, -0.15) is 5.10 Å². The van der Waals surface area contributed by atoms with Crippen LogP contribution in [0.1, 0.15) is 39.9 Å². The summed E-state index contributed by atoms with van der Waals surface area (Å²) in [5.41, 5.74) is 9.82. The molecule has 0 radical (unpaired) electrons. The normalized spacial score (nSPS) is 16.8. The van der Waals surface area contributed by atoms with Crippen molar-refractivity contribution in [3.05, 3.63) is 77.0 Å². The quantitative estimate of drug-likeness (QED) is 0.527. The summed E-state index contributed by atoms with van der Waals surface area (Å²) in [4.78, 5) is 25.3. The number of carbonyl (C=O) groups excluding carboxylic acids is 2. The summed E-state index contributed by atoms with van der Waals surface area (Å²) < 4.78 is 24.9. The number of carbonyl (C=O) groups is 2. The first-order valence-electron chi connectivity index (χ1n) is 11.2. The minimum absolute atomic E-state index is 0.0116. The van der Waals surface area contributed by atoms with Gasteiger partial charge in [-0.05, 0) is 31.7 Å². The van der Waals surface area contributed by atoms with Crippen molar-refractivity contribution in [2.75, 3.05) is 11.5 Å². The first kappa shape index (κ1) is 23.7. The van der Waals surface area contributed by atoms with Crippen LogP contribution in [0.4, 0.5) is 0 Å². The molecule has 0 saturated carbocycles. The van der Waals surface area contributed by atoms with Gasteiger partial charge in [0.1, 0.15) is 5.69 Å². The third-order valence-corrected chi connectivity index (χ3v) is 7.75. The summed E-state index contributed by atoms with van der Waals surface area (Å²) >= 11 is 0. The minimum atomic E-state index is -3.06. The minimum Gasteiger partial charge on any atom is -0.273 e. The lowest BCUT2D eigenvalue weighted by Crippen LogP contribution is -2.42. The topological polar surface area (TPSA) is 110 Å². The standard InChI is InChI=1S/C25H28N4O4S/c1-17-3-7-19(8-4-17)14-29-15-22(24(28-29)21-9-5-18(2)6-10-21)25(31)27-26-23(30)13-20-11-12-34(32,33)16-20/h3-10,15,20H,11-14,16H2,1-2H3,(H,26,30)(H,27,31). The van der Waals surface area contributed by atoms with Gasteiger partial charge in [-0.1, -0.05) is 59.7 Å². The summed E-state index contributed by atoms with van der Waals surface area (Å²) in [6, 6.07) is 15.8. The highest BCUT2D eigenvalue weighted by molar-refractivity contribution is 7.91. The molecule has 34 heavy (non-hydrogen) atoms. The van der Waals surface area contributed by atoms with Crippen LogP contribution in [-0.2, 0) is 21.2 Å². The second-order valence-corrected chi connectivity index (χ2v) is 11.1. The molecule has 1 fully saturated rings. The van der Waals surface area contributed by atoms with Crippen molar-refractivity contribution < 1.29 is 18.0 Å². The van der Waals surface area contributed by atoms with Gasteiger partial charge in [0.05, 0.1) is 23.6 Å². The van der Waals surface area contributed by atoms with Gasteiger partial charge in [-0.25, -0.2) is 8.42 Å². The SMILES string of the molecule is Cc1ccc(Cn2cc(C(=O)NNC(=O)CC3CCS(=O)(=O)C3)c(-c3ccc(C)cc3)n2)cc1. The number of nitrogens with zero attached hydrogens (tertiary/aromatic N) is 2. The molecule has 3 aromatic rings. The van der Waals surface area contributed by atoms with Gasteiger partial charge in [0, 0.05) is 18.2 Å². The maximum Gasteiger partial charge on any atom is 0.273 e. The van der Waals surface area contributed by atoms with Gasteiger partial charge >= 0.3 is 0 Å². The Hall–Kier alpha value is -3.46. The summed E-state index contributed by atoms with van der Waals surface area (Å²) in [6.45, 7) is 4.50. The molecule has 2 heterocycles. The highest BCUT2D eigenvalue weighted by Gasteiger charge is 2.29. The van der Waals surface area contributed by atoms with Crippen LogP contribution in [0.15, 0.2) is 54.7 Å². The van der Waals surface area contributed by atoms with Crippen LogP contribution in [0.2, 0.25) is 0 Å². The van der Waals surface area contributed by atoms with Crippen LogP contribution in [0.3, 0.4) is 0 Å². The molecule has 0 aliphatic carbocycles. The third kappa shape index (κ3) is 5.91. The molecule has 1 saturated heterocycles. The van der Waals surface area contributed by atoms with Gasteiger partial charge in [0.25, 0.3) is 5.91 Å². The molecular weight excluding hydrogens is 452 g/mol. The van der Waals surface area contributed by atoms with Gasteiger partial charge in [0.15, 0.2) is 9.84 Å². The van der Waals surface area contributed by atoms with Crippen LogP contribution >= 0.6 is 0 Å². The molecule has 1 aliphatic rings. The predicted molar refractivity (Wildman–Crippen MR) is 130 cm³/mol. The number of aromatic nitrogens is 2. The zero-order valence-corrected chi connectivity index (χ0v) is 20.1. The second-order valence-electron chi connectivity index (χ2n) is 8.92. The largest absolute Gasteiger partial charge is 0.273 e. The molecule has 2 N–H and O–H groups in total. The summed E-state index contributed by atoms with van der Waals surface area (Å²) in [7, 11) is -3.06. The number of nitrogens with one attached hydrogen (secondary N) is 2. The van der Waals surface area contributed by atoms with E-state index in [4.69, 9.17) is 0 Å². The molecule has 2 amide bonds. The molecule has 2 aromatic carbocycles. The smallest absolute Gasteiger partial charge is 0.273 e. The molecule has 1 aromatic heterocycles. The number of benzene rings is 2. The lowest BCUT2D eigenvalue weighted by atomic mass is 10.1. The first-order valence-corrected chi connectivity index (χ1v) is 13.0. The molecule has 1 atom stereocenters. The molecule has 0 spiro atoms. The fraction of sp³-hybridized carbons (Fsp3) is 0.320. The lowest BCUT2D eigenvalue weighted by Gasteiger charge is -2.10. The van der Waals surface area contributed by atoms with Crippen molar-refractivity contribution in [1.82, 2.24) is 20.6 Å².